The van der Waals surface area contributed by atoms with Crippen molar-refractivity contribution in [2.24, 2.45) is 0 Å². The van der Waals surface area contributed by atoms with E-state index in [1.54, 1.807) is 0 Å². The second kappa shape index (κ2) is 9.30. The number of halogens is 1. The highest BCUT2D eigenvalue weighted by Gasteiger charge is 2.20. The Labute approximate surface area is 184 Å². The van der Waals surface area contributed by atoms with Crippen LogP contribution in [0.4, 0.5) is 0 Å². The third-order valence-electron chi connectivity index (χ3n) is 5.44. The lowest BCUT2D eigenvalue weighted by Crippen LogP contribution is -2.35. The predicted molar refractivity (Wildman–Crippen MR) is 123 cm³/mol. The van der Waals surface area contributed by atoms with Crippen LogP contribution in [0.3, 0.4) is 0 Å². The SMILES string of the molecule is O=C(CCC(=O)N1CC=C(c2c[nH]c3ccccc23)CC1)NCc1cccc(Br)c1. The molecule has 0 unspecified atom stereocenters. The topological polar surface area (TPSA) is 65.2 Å². The van der Waals surface area contributed by atoms with Crippen molar-refractivity contribution in [2.75, 3.05) is 13.1 Å². The molecule has 30 heavy (non-hydrogen) atoms. The second-order valence-electron chi connectivity index (χ2n) is 7.47. The van der Waals surface area contributed by atoms with Gasteiger partial charge in [-0.3, -0.25) is 9.59 Å². The van der Waals surface area contributed by atoms with Gasteiger partial charge in [0.05, 0.1) is 0 Å². The third-order valence-corrected chi connectivity index (χ3v) is 5.93. The number of carbonyl (C=O) groups excluding carboxylic acids is 2. The van der Waals surface area contributed by atoms with E-state index in [4.69, 9.17) is 0 Å². The van der Waals surface area contributed by atoms with Gasteiger partial charge in [-0.25, -0.2) is 0 Å². The van der Waals surface area contributed by atoms with Gasteiger partial charge >= 0.3 is 0 Å². The van der Waals surface area contributed by atoms with E-state index in [1.807, 2.05) is 47.5 Å². The van der Waals surface area contributed by atoms with E-state index >= 15 is 0 Å². The van der Waals surface area contributed by atoms with Gasteiger partial charge < -0.3 is 15.2 Å². The molecule has 0 spiro atoms. The van der Waals surface area contributed by atoms with E-state index < -0.39 is 0 Å². The minimum Gasteiger partial charge on any atom is -0.361 e. The van der Waals surface area contributed by atoms with Gasteiger partial charge in [-0.2, -0.15) is 0 Å². The molecule has 0 atom stereocenters. The first-order valence-electron chi connectivity index (χ1n) is 10.1. The summed E-state index contributed by atoms with van der Waals surface area (Å²) >= 11 is 3.42. The van der Waals surface area contributed by atoms with Gasteiger partial charge in [0.15, 0.2) is 0 Å². The number of hydrogen-bond donors (Lipinski definition) is 2. The van der Waals surface area contributed by atoms with Crippen molar-refractivity contribution in [3.05, 3.63) is 76.4 Å². The average Bonchev–Trinajstić information content (AvgIpc) is 3.20. The van der Waals surface area contributed by atoms with Crippen molar-refractivity contribution in [1.29, 1.82) is 0 Å². The Kier molecular flexibility index (Phi) is 6.33. The Hall–Kier alpha value is -2.86. The Morgan fingerprint density at radius 1 is 1.10 bits per heavy atom. The highest BCUT2D eigenvalue weighted by atomic mass is 79.9. The zero-order chi connectivity index (χ0) is 20.9. The highest BCUT2D eigenvalue weighted by molar-refractivity contribution is 9.10. The summed E-state index contributed by atoms with van der Waals surface area (Å²) in [4.78, 5) is 29.8. The van der Waals surface area contributed by atoms with Crippen molar-refractivity contribution >= 4 is 44.2 Å². The maximum atomic E-state index is 12.5. The number of fused-ring (bicyclic) bond motifs is 1. The second-order valence-corrected chi connectivity index (χ2v) is 8.39. The molecule has 0 saturated heterocycles. The Morgan fingerprint density at radius 3 is 2.77 bits per heavy atom. The molecule has 3 aromatic rings. The van der Waals surface area contributed by atoms with E-state index in [1.165, 1.54) is 16.5 Å². The van der Waals surface area contributed by atoms with Crippen molar-refractivity contribution in [3.63, 3.8) is 0 Å². The summed E-state index contributed by atoms with van der Waals surface area (Å²) in [7, 11) is 0. The van der Waals surface area contributed by atoms with Gasteiger partial charge in [0, 0.05) is 59.6 Å². The number of nitrogens with zero attached hydrogens (tertiary/aromatic N) is 1. The minimum absolute atomic E-state index is 0.0295. The molecular formula is C24H24BrN3O2. The summed E-state index contributed by atoms with van der Waals surface area (Å²) in [5.41, 5.74) is 4.63. The zero-order valence-corrected chi connectivity index (χ0v) is 18.2. The monoisotopic (exact) mass is 465 g/mol. The van der Waals surface area contributed by atoms with Gasteiger partial charge in [0.2, 0.25) is 11.8 Å². The normalized spacial score (nSPS) is 13.9. The van der Waals surface area contributed by atoms with E-state index in [2.05, 4.69) is 44.4 Å². The van der Waals surface area contributed by atoms with Crippen LogP contribution in [-0.4, -0.2) is 34.8 Å². The molecule has 0 fully saturated rings. The average molecular weight is 466 g/mol. The smallest absolute Gasteiger partial charge is 0.223 e. The fourth-order valence-electron chi connectivity index (χ4n) is 3.79. The van der Waals surface area contributed by atoms with Crippen LogP contribution in [0.5, 0.6) is 0 Å². The molecule has 5 nitrogen and oxygen atoms in total. The van der Waals surface area contributed by atoms with Crippen LogP contribution >= 0.6 is 15.9 Å². The van der Waals surface area contributed by atoms with Crippen LogP contribution in [0.1, 0.15) is 30.4 Å². The molecule has 2 aromatic carbocycles. The summed E-state index contributed by atoms with van der Waals surface area (Å²) in [5.74, 6) is -0.0720. The number of aromatic amines is 1. The van der Waals surface area contributed by atoms with Gasteiger partial charge in [-0.1, -0.05) is 52.3 Å². The van der Waals surface area contributed by atoms with Crippen molar-refractivity contribution in [2.45, 2.75) is 25.8 Å². The van der Waals surface area contributed by atoms with E-state index in [-0.39, 0.29) is 24.7 Å². The molecule has 4 rings (SSSR count). The largest absolute Gasteiger partial charge is 0.361 e. The number of benzene rings is 2. The first-order valence-corrected chi connectivity index (χ1v) is 10.9. The molecule has 1 aromatic heterocycles. The van der Waals surface area contributed by atoms with Crippen LogP contribution in [0.25, 0.3) is 16.5 Å². The minimum atomic E-state index is -0.102. The number of H-pyrrole nitrogens is 1. The van der Waals surface area contributed by atoms with Gasteiger partial charge in [-0.05, 0) is 35.8 Å². The molecule has 0 radical (unpaired) electrons. The van der Waals surface area contributed by atoms with Gasteiger partial charge in [0.1, 0.15) is 0 Å². The van der Waals surface area contributed by atoms with Gasteiger partial charge in [0.25, 0.3) is 0 Å². The molecule has 1 aliphatic heterocycles. The maximum absolute atomic E-state index is 12.5. The van der Waals surface area contributed by atoms with E-state index in [0.717, 1.165) is 22.0 Å². The molecule has 0 bridgehead atoms. The van der Waals surface area contributed by atoms with Crippen molar-refractivity contribution in [3.8, 4) is 0 Å². The lowest BCUT2D eigenvalue weighted by Gasteiger charge is -2.26. The molecular weight excluding hydrogens is 442 g/mol. The Balaban J connectivity index is 1.26. The fraction of sp³-hybridized carbons (Fsp3) is 0.250. The molecule has 2 amide bonds. The summed E-state index contributed by atoms with van der Waals surface area (Å²) in [5, 5.41) is 4.09. The Morgan fingerprint density at radius 2 is 1.97 bits per heavy atom. The first-order chi connectivity index (χ1) is 14.6. The number of aromatic nitrogens is 1. The molecule has 154 valence electrons. The van der Waals surface area contributed by atoms with Gasteiger partial charge in [-0.15, -0.1) is 0 Å². The standard InChI is InChI=1S/C24H24BrN3O2/c25-19-5-3-4-17(14-19)15-27-23(29)8-9-24(30)28-12-10-18(11-13-28)21-16-26-22-7-2-1-6-20(21)22/h1-7,10,14,16,26H,8-9,11-13,15H2,(H,27,29). The maximum Gasteiger partial charge on any atom is 0.223 e. The molecule has 0 saturated carbocycles. The zero-order valence-electron chi connectivity index (χ0n) is 16.7. The number of rotatable bonds is 6. The summed E-state index contributed by atoms with van der Waals surface area (Å²) in [6.45, 7) is 1.74. The molecule has 2 heterocycles. The van der Waals surface area contributed by atoms with Crippen LogP contribution in [0.15, 0.2) is 65.3 Å². The molecule has 6 heteroatoms. The van der Waals surface area contributed by atoms with E-state index in [0.29, 0.717) is 19.6 Å². The van der Waals surface area contributed by atoms with Crippen LogP contribution < -0.4 is 5.32 Å². The number of hydrogen-bond acceptors (Lipinski definition) is 2. The number of carbonyl (C=O) groups is 2. The summed E-state index contributed by atoms with van der Waals surface area (Å²) in [6, 6.07) is 16.1. The van der Waals surface area contributed by atoms with Crippen LogP contribution in [-0.2, 0) is 16.1 Å². The van der Waals surface area contributed by atoms with Crippen LogP contribution in [0.2, 0.25) is 0 Å². The van der Waals surface area contributed by atoms with E-state index in [9.17, 15) is 9.59 Å². The summed E-state index contributed by atoms with van der Waals surface area (Å²) in [6.07, 6.45) is 5.44. The highest BCUT2D eigenvalue weighted by Crippen LogP contribution is 2.29. The molecule has 0 aliphatic carbocycles. The lowest BCUT2D eigenvalue weighted by molar-refractivity contribution is -0.133. The fourth-order valence-corrected chi connectivity index (χ4v) is 4.24. The molecule has 2 N–H and O–H groups in total. The first kappa shape index (κ1) is 20.4. The van der Waals surface area contributed by atoms with Crippen LogP contribution in [0, 0.1) is 0 Å². The van der Waals surface area contributed by atoms with Crippen molar-refractivity contribution < 1.29 is 9.59 Å². The number of nitrogens with one attached hydrogen (secondary N) is 2. The summed E-state index contributed by atoms with van der Waals surface area (Å²) < 4.78 is 0.981. The lowest BCUT2D eigenvalue weighted by atomic mass is 9.98. The quantitative estimate of drug-likeness (QED) is 0.556. The Bertz CT molecular complexity index is 1100. The number of para-hydroxylation sites is 1. The molecule has 1 aliphatic rings. The number of amides is 2. The van der Waals surface area contributed by atoms with Crippen molar-refractivity contribution in [1.82, 2.24) is 15.2 Å². The predicted octanol–water partition coefficient (Wildman–Crippen LogP) is 4.64. The third kappa shape index (κ3) is 4.82.